The van der Waals surface area contributed by atoms with Crippen molar-refractivity contribution in [2.24, 2.45) is 0 Å². The Labute approximate surface area is 134 Å². The number of hydrogen-bond donors (Lipinski definition) is 1. The van der Waals surface area contributed by atoms with E-state index < -0.39 is 0 Å². The third-order valence-corrected chi connectivity index (χ3v) is 3.55. The summed E-state index contributed by atoms with van der Waals surface area (Å²) >= 11 is 5.82. The number of carbonyl (C=O) groups is 1. The fourth-order valence-corrected chi connectivity index (χ4v) is 2.24. The highest BCUT2D eigenvalue weighted by atomic mass is 35.5. The third kappa shape index (κ3) is 5.37. The molecule has 0 spiro atoms. The van der Waals surface area contributed by atoms with Crippen LogP contribution < -0.4 is 0 Å². The van der Waals surface area contributed by atoms with Gasteiger partial charge in [0.25, 0.3) is 0 Å². The molecule has 0 aliphatic heterocycles. The number of halogens is 1. The van der Waals surface area contributed by atoms with Crippen molar-refractivity contribution in [1.82, 2.24) is 4.98 Å². The second kappa shape index (κ2) is 8.39. The summed E-state index contributed by atoms with van der Waals surface area (Å²) in [6.45, 7) is 0.414. The van der Waals surface area contributed by atoms with Crippen LogP contribution in [-0.4, -0.2) is 22.7 Å². The number of esters is 1. The Balaban J connectivity index is 1.64. The van der Waals surface area contributed by atoms with Crippen molar-refractivity contribution in [3.63, 3.8) is 0 Å². The van der Waals surface area contributed by atoms with E-state index in [1.54, 1.807) is 24.5 Å². The SMILES string of the molecule is O=C(CCc1ccc(O)c(Cl)c1)OCCCc1ccncc1. The van der Waals surface area contributed by atoms with E-state index in [1.807, 2.05) is 12.1 Å². The van der Waals surface area contributed by atoms with E-state index in [1.165, 1.54) is 11.6 Å². The average Bonchev–Trinajstić information content (AvgIpc) is 2.54. The molecule has 0 radical (unpaired) electrons. The highest BCUT2D eigenvalue weighted by Gasteiger charge is 2.06. The van der Waals surface area contributed by atoms with E-state index in [2.05, 4.69) is 4.98 Å². The van der Waals surface area contributed by atoms with Gasteiger partial charge < -0.3 is 9.84 Å². The minimum atomic E-state index is -0.223. The summed E-state index contributed by atoms with van der Waals surface area (Å²) in [7, 11) is 0. The maximum absolute atomic E-state index is 11.7. The first kappa shape index (κ1) is 16.3. The highest BCUT2D eigenvalue weighted by molar-refractivity contribution is 6.32. The monoisotopic (exact) mass is 319 g/mol. The predicted octanol–water partition coefficient (Wildman–Crippen LogP) is 3.55. The zero-order valence-corrected chi connectivity index (χ0v) is 12.9. The van der Waals surface area contributed by atoms with Crippen LogP contribution in [0.4, 0.5) is 0 Å². The smallest absolute Gasteiger partial charge is 0.306 e. The number of nitrogens with zero attached hydrogens (tertiary/aromatic N) is 1. The van der Waals surface area contributed by atoms with Crippen molar-refractivity contribution in [1.29, 1.82) is 0 Å². The summed E-state index contributed by atoms with van der Waals surface area (Å²) < 4.78 is 5.20. The number of phenols is 1. The van der Waals surface area contributed by atoms with Crippen LogP contribution in [-0.2, 0) is 22.4 Å². The molecule has 1 aromatic carbocycles. The first-order chi connectivity index (χ1) is 10.6. The van der Waals surface area contributed by atoms with Gasteiger partial charge in [-0.3, -0.25) is 9.78 Å². The molecule has 1 heterocycles. The molecule has 0 saturated heterocycles. The lowest BCUT2D eigenvalue weighted by molar-refractivity contribution is -0.143. The number of phenolic OH excluding ortho intramolecular Hbond substituents is 1. The Bertz CT molecular complexity index is 617. The van der Waals surface area contributed by atoms with Gasteiger partial charge in [0.05, 0.1) is 11.6 Å². The number of aromatic nitrogens is 1. The molecule has 4 nitrogen and oxygen atoms in total. The normalized spacial score (nSPS) is 10.4. The fraction of sp³-hybridized carbons (Fsp3) is 0.294. The Kier molecular flexibility index (Phi) is 6.22. The van der Waals surface area contributed by atoms with Gasteiger partial charge in [-0.15, -0.1) is 0 Å². The molecule has 0 unspecified atom stereocenters. The topological polar surface area (TPSA) is 59.4 Å². The summed E-state index contributed by atoms with van der Waals surface area (Å²) in [6.07, 6.45) is 6.01. The largest absolute Gasteiger partial charge is 0.506 e. The summed E-state index contributed by atoms with van der Waals surface area (Å²) in [4.78, 5) is 15.6. The molecule has 1 N–H and O–H groups in total. The van der Waals surface area contributed by atoms with Gasteiger partial charge in [-0.05, 0) is 54.7 Å². The van der Waals surface area contributed by atoms with Crippen molar-refractivity contribution in [2.45, 2.75) is 25.7 Å². The Hall–Kier alpha value is -2.07. The van der Waals surface area contributed by atoms with Crippen molar-refractivity contribution in [3.8, 4) is 5.75 Å². The van der Waals surface area contributed by atoms with Crippen LogP contribution in [0.25, 0.3) is 0 Å². The van der Waals surface area contributed by atoms with E-state index in [0.29, 0.717) is 24.5 Å². The maximum atomic E-state index is 11.7. The fourth-order valence-electron chi connectivity index (χ4n) is 2.04. The molecule has 5 heteroatoms. The molecule has 2 rings (SSSR count). The molecule has 0 atom stereocenters. The van der Waals surface area contributed by atoms with Crippen LogP contribution in [0.1, 0.15) is 24.0 Å². The quantitative estimate of drug-likeness (QED) is 0.626. The van der Waals surface area contributed by atoms with Gasteiger partial charge in [-0.1, -0.05) is 17.7 Å². The minimum absolute atomic E-state index is 0.0455. The molecule has 22 heavy (non-hydrogen) atoms. The summed E-state index contributed by atoms with van der Waals surface area (Å²) in [5.74, 6) is -0.178. The van der Waals surface area contributed by atoms with E-state index in [4.69, 9.17) is 16.3 Å². The number of benzene rings is 1. The number of hydrogen-bond acceptors (Lipinski definition) is 4. The van der Waals surface area contributed by atoms with Crippen molar-refractivity contribution < 1.29 is 14.6 Å². The number of aryl methyl sites for hydroxylation is 2. The van der Waals surface area contributed by atoms with Gasteiger partial charge in [-0.2, -0.15) is 0 Å². The molecule has 0 aliphatic rings. The maximum Gasteiger partial charge on any atom is 0.306 e. The van der Waals surface area contributed by atoms with Gasteiger partial charge >= 0.3 is 5.97 Å². The number of ether oxygens (including phenoxy) is 1. The molecular weight excluding hydrogens is 302 g/mol. The predicted molar refractivity (Wildman–Crippen MR) is 85.0 cm³/mol. The van der Waals surface area contributed by atoms with Gasteiger partial charge in [0.1, 0.15) is 5.75 Å². The van der Waals surface area contributed by atoms with Crippen LogP contribution in [0.2, 0.25) is 5.02 Å². The van der Waals surface area contributed by atoms with Gasteiger partial charge in [0.2, 0.25) is 0 Å². The van der Waals surface area contributed by atoms with Gasteiger partial charge in [0.15, 0.2) is 0 Å². The van der Waals surface area contributed by atoms with Crippen molar-refractivity contribution in [3.05, 3.63) is 58.9 Å². The highest BCUT2D eigenvalue weighted by Crippen LogP contribution is 2.24. The van der Waals surface area contributed by atoms with E-state index in [9.17, 15) is 9.90 Å². The lowest BCUT2D eigenvalue weighted by Gasteiger charge is -2.06. The van der Waals surface area contributed by atoms with Crippen molar-refractivity contribution in [2.75, 3.05) is 6.61 Å². The Morgan fingerprint density at radius 2 is 1.91 bits per heavy atom. The van der Waals surface area contributed by atoms with Crippen LogP contribution in [0, 0.1) is 0 Å². The molecule has 2 aromatic rings. The minimum Gasteiger partial charge on any atom is -0.506 e. The molecule has 0 amide bonds. The lowest BCUT2D eigenvalue weighted by Crippen LogP contribution is -2.07. The van der Waals surface area contributed by atoms with Gasteiger partial charge in [0, 0.05) is 18.8 Å². The molecule has 116 valence electrons. The molecule has 0 saturated carbocycles. The van der Waals surface area contributed by atoms with E-state index >= 15 is 0 Å². The molecule has 1 aromatic heterocycles. The zero-order valence-electron chi connectivity index (χ0n) is 12.2. The van der Waals surface area contributed by atoms with Gasteiger partial charge in [-0.25, -0.2) is 0 Å². The lowest BCUT2D eigenvalue weighted by atomic mass is 10.1. The standard InChI is InChI=1S/C17H18ClNO3/c18-15-12-14(3-5-16(15)20)4-6-17(21)22-11-1-2-13-7-9-19-10-8-13/h3,5,7-10,12,20H,1-2,4,6,11H2. The summed E-state index contributed by atoms with van der Waals surface area (Å²) in [6, 6.07) is 8.84. The first-order valence-electron chi connectivity index (χ1n) is 7.17. The summed E-state index contributed by atoms with van der Waals surface area (Å²) in [5, 5.41) is 9.63. The molecular formula is C17H18ClNO3. The number of aromatic hydroxyl groups is 1. The van der Waals surface area contributed by atoms with Crippen LogP contribution in [0.3, 0.4) is 0 Å². The van der Waals surface area contributed by atoms with E-state index in [0.717, 1.165) is 18.4 Å². The zero-order chi connectivity index (χ0) is 15.8. The average molecular weight is 320 g/mol. The van der Waals surface area contributed by atoms with Crippen molar-refractivity contribution >= 4 is 17.6 Å². The third-order valence-electron chi connectivity index (χ3n) is 3.25. The summed E-state index contributed by atoms with van der Waals surface area (Å²) in [5.41, 5.74) is 2.08. The second-order valence-corrected chi connectivity index (χ2v) is 5.37. The van der Waals surface area contributed by atoms with Crippen LogP contribution in [0.5, 0.6) is 5.75 Å². The molecule has 0 bridgehead atoms. The number of rotatable bonds is 7. The first-order valence-corrected chi connectivity index (χ1v) is 7.55. The van der Waals surface area contributed by atoms with Crippen LogP contribution in [0.15, 0.2) is 42.7 Å². The number of carbonyl (C=O) groups excluding carboxylic acids is 1. The molecule has 0 aliphatic carbocycles. The Morgan fingerprint density at radius 1 is 1.14 bits per heavy atom. The second-order valence-electron chi connectivity index (χ2n) is 4.97. The number of pyridine rings is 1. The molecule has 0 fully saturated rings. The van der Waals surface area contributed by atoms with Crippen LogP contribution >= 0.6 is 11.6 Å². The Morgan fingerprint density at radius 3 is 2.64 bits per heavy atom. The van der Waals surface area contributed by atoms with E-state index in [-0.39, 0.29) is 11.7 Å².